The molecule has 3 nitrogen and oxygen atoms in total. The van der Waals surface area contributed by atoms with Crippen molar-refractivity contribution in [2.24, 2.45) is 0 Å². The van der Waals surface area contributed by atoms with Crippen molar-refractivity contribution in [1.82, 2.24) is 15.2 Å². The van der Waals surface area contributed by atoms with Gasteiger partial charge in [0.15, 0.2) is 0 Å². The van der Waals surface area contributed by atoms with Crippen LogP contribution in [0.5, 0.6) is 0 Å². The Hall–Kier alpha value is -0.930. The molecule has 0 aliphatic rings. The predicted molar refractivity (Wildman–Crippen MR) is 63.9 cm³/mol. The Morgan fingerprint density at radius 1 is 1.40 bits per heavy atom. The monoisotopic (exact) mass is 207 g/mol. The minimum absolute atomic E-state index is 0.935. The lowest BCUT2D eigenvalue weighted by Crippen LogP contribution is -2.22. The first-order valence-corrected chi connectivity index (χ1v) is 5.47. The van der Waals surface area contributed by atoms with Crippen LogP contribution < -0.4 is 5.32 Å². The van der Waals surface area contributed by atoms with Crippen molar-refractivity contribution >= 4 is 0 Å². The average molecular weight is 207 g/mol. The van der Waals surface area contributed by atoms with Crippen LogP contribution in [0, 0.1) is 6.92 Å². The number of hydrogen-bond donors (Lipinski definition) is 1. The summed E-state index contributed by atoms with van der Waals surface area (Å²) < 4.78 is 0. The Kier molecular flexibility index (Phi) is 5.29. The lowest BCUT2D eigenvalue weighted by molar-refractivity contribution is 0.317. The second-order valence-electron chi connectivity index (χ2n) is 4.02. The van der Waals surface area contributed by atoms with Crippen molar-refractivity contribution in [3.8, 4) is 0 Å². The molecule has 1 rings (SSSR count). The van der Waals surface area contributed by atoms with Crippen LogP contribution >= 0.6 is 0 Å². The van der Waals surface area contributed by atoms with Crippen LogP contribution in [-0.2, 0) is 6.54 Å². The van der Waals surface area contributed by atoms with E-state index in [1.54, 1.807) is 0 Å². The van der Waals surface area contributed by atoms with Gasteiger partial charge in [-0.2, -0.15) is 0 Å². The van der Waals surface area contributed by atoms with Gasteiger partial charge in [0.2, 0.25) is 0 Å². The molecule has 0 aliphatic heterocycles. The molecular formula is C12H21N3. The third kappa shape index (κ3) is 4.91. The van der Waals surface area contributed by atoms with Gasteiger partial charge in [-0.15, -0.1) is 0 Å². The second kappa shape index (κ2) is 6.53. The fourth-order valence-corrected chi connectivity index (χ4v) is 1.47. The van der Waals surface area contributed by atoms with Crippen molar-refractivity contribution in [3.05, 3.63) is 29.6 Å². The van der Waals surface area contributed by atoms with Crippen LogP contribution in [0.2, 0.25) is 0 Å². The number of rotatable bonds is 6. The largest absolute Gasteiger partial charge is 0.320 e. The van der Waals surface area contributed by atoms with E-state index in [0.717, 1.165) is 25.3 Å². The van der Waals surface area contributed by atoms with E-state index in [0.29, 0.717) is 0 Å². The van der Waals surface area contributed by atoms with Gasteiger partial charge >= 0.3 is 0 Å². The molecule has 0 bridgehead atoms. The Bertz CT molecular complexity index is 269. The molecule has 0 unspecified atom stereocenters. The van der Waals surface area contributed by atoms with Gasteiger partial charge in [0.25, 0.3) is 0 Å². The van der Waals surface area contributed by atoms with Crippen LogP contribution in [0.3, 0.4) is 0 Å². The molecule has 0 fully saturated rings. The minimum atomic E-state index is 0.935. The third-order valence-electron chi connectivity index (χ3n) is 2.37. The second-order valence-corrected chi connectivity index (χ2v) is 4.02. The van der Waals surface area contributed by atoms with Gasteiger partial charge in [-0.3, -0.25) is 4.98 Å². The molecule has 1 N–H and O–H groups in total. The van der Waals surface area contributed by atoms with E-state index >= 15 is 0 Å². The van der Waals surface area contributed by atoms with Crippen molar-refractivity contribution in [3.63, 3.8) is 0 Å². The van der Waals surface area contributed by atoms with Crippen molar-refractivity contribution in [2.75, 3.05) is 27.2 Å². The summed E-state index contributed by atoms with van der Waals surface area (Å²) in [6.45, 7) is 5.18. The van der Waals surface area contributed by atoms with Crippen LogP contribution in [-0.4, -0.2) is 37.1 Å². The summed E-state index contributed by atoms with van der Waals surface area (Å²) in [5, 5.41) is 3.15. The standard InChI is InChI=1S/C12H21N3/c1-11-5-6-12(14-9-11)10-15(3)8-4-7-13-2/h5-6,9,13H,4,7-8,10H2,1-3H3. The maximum absolute atomic E-state index is 4.39. The highest BCUT2D eigenvalue weighted by Crippen LogP contribution is 2.01. The SMILES string of the molecule is CNCCCN(C)Cc1ccc(C)cn1. The van der Waals surface area contributed by atoms with Gasteiger partial charge in [-0.05, 0) is 52.2 Å². The smallest absolute Gasteiger partial charge is 0.0544 e. The number of aromatic nitrogens is 1. The summed E-state index contributed by atoms with van der Waals surface area (Å²) in [6, 6.07) is 4.22. The molecule has 1 aromatic rings. The van der Waals surface area contributed by atoms with Gasteiger partial charge < -0.3 is 10.2 Å². The molecule has 84 valence electrons. The van der Waals surface area contributed by atoms with Gasteiger partial charge in [0, 0.05) is 12.7 Å². The molecule has 3 heteroatoms. The molecule has 0 saturated carbocycles. The highest BCUT2D eigenvalue weighted by molar-refractivity contribution is 5.11. The van der Waals surface area contributed by atoms with Gasteiger partial charge in [0.1, 0.15) is 0 Å². The summed E-state index contributed by atoms with van der Waals surface area (Å²) in [4.78, 5) is 6.69. The first-order chi connectivity index (χ1) is 7.22. The molecule has 15 heavy (non-hydrogen) atoms. The van der Waals surface area contributed by atoms with E-state index in [2.05, 4.69) is 41.3 Å². The van der Waals surface area contributed by atoms with Gasteiger partial charge in [-0.25, -0.2) is 0 Å². The van der Waals surface area contributed by atoms with Crippen LogP contribution in [0.25, 0.3) is 0 Å². The van der Waals surface area contributed by atoms with Crippen LogP contribution in [0.15, 0.2) is 18.3 Å². The highest BCUT2D eigenvalue weighted by Gasteiger charge is 2.00. The fraction of sp³-hybridized carbons (Fsp3) is 0.583. The molecule has 1 aromatic heterocycles. The Labute approximate surface area is 92.5 Å². The van der Waals surface area contributed by atoms with E-state index in [9.17, 15) is 0 Å². The number of aryl methyl sites for hydroxylation is 1. The van der Waals surface area contributed by atoms with E-state index in [1.165, 1.54) is 12.0 Å². The fourth-order valence-electron chi connectivity index (χ4n) is 1.47. The summed E-state index contributed by atoms with van der Waals surface area (Å²) in [5.41, 5.74) is 2.36. The average Bonchev–Trinajstić information content (AvgIpc) is 2.22. The predicted octanol–water partition coefficient (Wildman–Crippen LogP) is 1.43. The number of nitrogens with one attached hydrogen (secondary N) is 1. The topological polar surface area (TPSA) is 28.2 Å². The molecule has 0 aromatic carbocycles. The summed E-state index contributed by atoms with van der Waals surface area (Å²) in [6.07, 6.45) is 3.11. The summed E-state index contributed by atoms with van der Waals surface area (Å²) >= 11 is 0. The molecule has 1 heterocycles. The van der Waals surface area contributed by atoms with E-state index in [1.807, 2.05) is 13.2 Å². The lowest BCUT2D eigenvalue weighted by atomic mass is 10.2. The number of pyridine rings is 1. The van der Waals surface area contributed by atoms with Crippen LogP contribution in [0.4, 0.5) is 0 Å². The van der Waals surface area contributed by atoms with Crippen molar-refractivity contribution in [1.29, 1.82) is 0 Å². The molecule has 0 radical (unpaired) electrons. The quantitative estimate of drug-likeness (QED) is 0.715. The zero-order valence-corrected chi connectivity index (χ0v) is 9.95. The maximum Gasteiger partial charge on any atom is 0.0544 e. The molecule has 0 amide bonds. The Morgan fingerprint density at radius 2 is 2.20 bits per heavy atom. The minimum Gasteiger partial charge on any atom is -0.320 e. The van der Waals surface area contributed by atoms with E-state index in [-0.39, 0.29) is 0 Å². The highest BCUT2D eigenvalue weighted by atomic mass is 15.1. The molecular weight excluding hydrogens is 186 g/mol. The number of nitrogens with zero attached hydrogens (tertiary/aromatic N) is 2. The summed E-state index contributed by atoms with van der Waals surface area (Å²) in [5.74, 6) is 0. The summed E-state index contributed by atoms with van der Waals surface area (Å²) in [7, 11) is 4.12. The zero-order chi connectivity index (χ0) is 11.1. The van der Waals surface area contributed by atoms with Gasteiger partial charge in [-0.1, -0.05) is 6.07 Å². The van der Waals surface area contributed by atoms with Crippen molar-refractivity contribution < 1.29 is 0 Å². The molecule has 0 atom stereocenters. The van der Waals surface area contributed by atoms with Crippen LogP contribution in [0.1, 0.15) is 17.7 Å². The van der Waals surface area contributed by atoms with Crippen molar-refractivity contribution in [2.45, 2.75) is 19.9 Å². The molecule has 0 saturated heterocycles. The van der Waals surface area contributed by atoms with E-state index in [4.69, 9.17) is 0 Å². The first-order valence-electron chi connectivity index (χ1n) is 5.47. The lowest BCUT2D eigenvalue weighted by Gasteiger charge is -2.15. The first kappa shape index (κ1) is 12.1. The van der Waals surface area contributed by atoms with Gasteiger partial charge in [0.05, 0.1) is 5.69 Å². The Morgan fingerprint density at radius 3 is 2.80 bits per heavy atom. The maximum atomic E-state index is 4.39. The number of hydrogen-bond acceptors (Lipinski definition) is 3. The third-order valence-corrected chi connectivity index (χ3v) is 2.37. The van der Waals surface area contributed by atoms with E-state index < -0.39 is 0 Å². The normalized spacial score (nSPS) is 10.9. The molecule has 0 aliphatic carbocycles. The molecule has 0 spiro atoms. The Balaban J connectivity index is 2.31. The zero-order valence-electron chi connectivity index (χ0n) is 9.95.